The monoisotopic (exact) mass is 438 g/mol. The number of carbonyl (C=O) groups excluding carboxylic acids is 2. The van der Waals surface area contributed by atoms with Gasteiger partial charge in [-0.2, -0.15) is 5.10 Å². The predicted octanol–water partition coefficient (Wildman–Crippen LogP) is 2.10. The molecule has 4 rings (SSSR count). The molecule has 0 N–H and O–H groups in total. The van der Waals surface area contributed by atoms with Gasteiger partial charge in [0.15, 0.2) is 5.92 Å². The predicted molar refractivity (Wildman–Crippen MR) is 113 cm³/mol. The second-order valence-corrected chi connectivity index (χ2v) is 8.54. The smallest absolute Gasteiger partial charge is 0.324 e. The van der Waals surface area contributed by atoms with Crippen LogP contribution in [0.4, 0.5) is 0 Å². The van der Waals surface area contributed by atoms with Crippen LogP contribution >= 0.6 is 0 Å². The van der Waals surface area contributed by atoms with Crippen LogP contribution < -0.4 is 4.73 Å². The van der Waals surface area contributed by atoms with Crippen molar-refractivity contribution in [3.05, 3.63) is 76.3 Å². The maximum Gasteiger partial charge on any atom is 0.324 e. The molecule has 0 unspecified atom stereocenters. The minimum Gasteiger partial charge on any atom is -0.711 e. The molecule has 9 nitrogen and oxygen atoms in total. The van der Waals surface area contributed by atoms with Gasteiger partial charge in [0.05, 0.1) is 6.20 Å². The summed E-state index contributed by atoms with van der Waals surface area (Å²) in [5, 5.41) is 17.6. The molecule has 1 aliphatic rings. The lowest BCUT2D eigenvalue weighted by Gasteiger charge is -2.35. The fraction of sp³-hybridized carbons (Fsp3) is 0.391. The summed E-state index contributed by atoms with van der Waals surface area (Å²) in [6, 6.07) is 9.67. The van der Waals surface area contributed by atoms with E-state index in [0.29, 0.717) is 17.8 Å². The maximum absolute atomic E-state index is 13.4. The Bertz CT molecular complexity index is 1160. The van der Waals surface area contributed by atoms with Crippen molar-refractivity contribution in [3.63, 3.8) is 0 Å². The number of imidazole rings is 1. The molecule has 1 aliphatic heterocycles. The van der Waals surface area contributed by atoms with Crippen molar-refractivity contribution < 1.29 is 23.8 Å². The summed E-state index contributed by atoms with van der Waals surface area (Å²) in [4.78, 5) is 26.0. The summed E-state index contributed by atoms with van der Waals surface area (Å²) >= 11 is 0. The van der Waals surface area contributed by atoms with E-state index in [-0.39, 0.29) is 5.82 Å². The number of hydrogen-bond acceptors (Lipinski definition) is 6. The van der Waals surface area contributed by atoms with Crippen LogP contribution in [-0.2, 0) is 32.7 Å². The number of esters is 2. The number of aryl methyl sites for hydroxylation is 1. The number of cyclic esters (lactones) is 2. The van der Waals surface area contributed by atoms with E-state index in [0.717, 1.165) is 16.0 Å². The topological polar surface area (TPSA) is 102 Å². The normalized spacial score (nSPS) is 17.2. The highest BCUT2D eigenvalue weighted by molar-refractivity contribution is 5.98. The standard InChI is InChI=1S/C23H26N4O5/c1-14-15(2)27(30)20(26(14)12-16-9-7-6-8-10-16)18(17-11-24-25(5)13-17)19-21(28)31-23(3,4)32-22(19)29/h6-11,13,18-19H,12H2,1-5H3/t18-/m1/s1. The van der Waals surface area contributed by atoms with Crippen LogP contribution in [0.1, 0.15) is 48.1 Å². The van der Waals surface area contributed by atoms with Gasteiger partial charge in [0.2, 0.25) is 0 Å². The minimum absolute atomic E-state index is 0.260. The number of carbonyl (C=O) groups is 2. The fourth-order valence-corrected chi connectivity index (χ4v) is 4.15. The van der Waals surface area contributed by atoms with Crippen LogP contribution in [0.3, 0.4) is 0 Å². The maximum atomic E-state index is 13.4. The molecule has 9 heteroatoms. The Hall–Kier alpha value is -3.62. The molecule has 2 aromatic heterocycles. The van der Waals surface area contributed by atoms with Crippen molar-refractivity contribution in [2.24, 2.45) is 13.0 Å². The summed E-state index contributed by atoms with van der Waals surface area (Å²) in [5.41, 5.74) is 2.75. The number of benzene rings is 1. The SMILES string of the molecule is Cc1c(C)[n+]([O-])c([C@H](c2cnn(C)c2)C2C(=O)OC(C)(C)OC2=O)n1Cc1ccccc1. The van der Waals surface area contributed by atoms with E-state index in [1.807, 2.05) is 41.8 Å². The third-order valence-corrected chi connectivity index (χ3v) is 5.80. The first-order valence-corrected chi connectivity index (χ1v) is 10.4. The van der Waals surface area contributed by atoms with Gasteiger partial charge in [-0.25, -0.2) is 9.30 Å². The van der Waals surface area contributed by atoms with E-state index in [2.05, 4.69) is 5.10 Å². The first-order valence-electron chi connectivity index (χ1n) is 10.4. The van der Waals surface area contributed by atoms with Crippen LogP contribution in [0, 0.1) is 25.0 Å². The number of nitrogens with zero attached hydrogens (tertiary/aromatic N) is 4. The molecule has 1 fully saturated rings. The van der Waals surface area contributed by atoms with E-state index >= 15 is 0 Å². The van der Waals surface area contributed by atoms with Gasteiger partial charge in [0.25, 0.3) is 11.6 Å². The molecular weight excluding hydrogens is 412 g/mol. The van der Waals surface area contributed by atoms with Gasteiger partial charge >= 0.3 is 11.9 Å². The quantitative estimate of drug-likeness (QED) is 0.262. The number of ether oxygens (including phenoxy) is 2. The van der Waals surface area contributed by atoms with E-state index < -0.39 is 29.6 Å². The van der Waals surface area contributed by atoms with Gasteiger partial charge in [-0.3, -0.25) is 14.3 Å². The van der Waals surface area contributed by atoms with E-state index in [1.165, 1.54) is 13.8 Å². The van der Waals surface area contributed by atoms with Gasteiger partial charge in [0, 0.05) is 46.5 Å². The van der Waals surface area contributed by atoms with Crippen LogP contribution in [0.25, 0.3) is 0 Å². The molecule has 0 saturated carbocycles. The van der Waals surface area contributed by atoms with Gasteiger partial charge in [0.1, 0.15) is 23.9 Å². The minimum atomic E-state index is -1.37. The third-order valence-electron chi connectivity index (χ3n) is 5.80. The van der Waals surface area contributed by atoms with Crippen molar-refractivity contribution in [1.82, 2.24) is 14.3 Å². The zero-order valence-corrected chi connectivity index (χ0v) is 18.7. The largest absolute Gasteiger partial charge is 0.711 e. The Kier molecular flexibility index (Phi) is 5.28. The molecule has 1 atom stereocenters. The van der Waals surface area contributed by atoms with Crippen LogP contribution in [-0.4, -0.2) is 32.1 Å². The Morgan fingerprint density at radius 1 is 1.16 bits per heavy atom. The molecule has 168 valence electrons. The second kappa shape index (κ2) is 7.81. The highest BCUT2D eigenvalue weighted by Gasteiger charge is 2.52. The molecule has 1 saturated heterocycles. The van der Waals surface area contributed by atoms with Crippen LogP contribution in [0.15, 0.2) is 42.7 Å². The first kappa shape index (κ1) is 21.6. The Labute approximate surface area is 185 Å². The lowest BCUT2D eigenvalue weighted by Crippen LogP contribution is -2.50. The van der Waals surface area contributed by atoms with Crippen molar-refractivity contribution >= 4 is 11.9 Å². The zero-order valence-electron chi connectivity index (χ0n) is 18.7. The summed E-state index contributed by atoms with van der Waals surface area (Å²) in [5.74, 6) is -4.85. The molecule has 1 aromatic carbocycles. The molecule has 0 aliphatic carbocycles. The molecule has 3 heterocycles. The lowest BCUT2D eigenvalue weighted by atomic mass is 9.85. The Morgan fingerprint density at radius 3 is 2.34 bits per heavy atom. The average Bonchev–Trinajstić information content (AvgIpc) is 3.23. The van der Waals surface area contributed by atoms with E-state index in [1.54, 1.807) is 31.0 Å². The molecule has 3 aromatic rings. The molecule has 0 amide bonds. The van der Waals surface area contributed by atoms with E-state index in [9.17, 15) is 14.8 Å². The Morgan fingerprint density at radius 2 is 1.78 bits per heavy atom. The summed E-state index contributed by atoms with van der Waals surface area (Å²) in [6.07, 6.45) is 3.24. The third kappa shape index (κ3) is 3.74. The highest BCUT2D eigenvalue weighted by atomic mass is 16.7. The highest BCUT2D eigenvalue weighted by Crippen LogP contribution is 2.38. The summed E-state index contributed by atoms with van der Waals surface area (Å²) in [6.45, 7) is 6.96. The van der Waals surface area contributed by atoms with Crippen molar-refractivity contribution in [1.29, 1.82) is 0 Å². The van der Waals surface area contributed by atoms with Crippen molar-refractivity contribution in [2.45, 2.75) is 45.9 Å². The number of rotatable bonds is 5. The summed E-state index contributed by atoms with van der Waals surface area (Å²) in [7, 11) is 1.73. The summed E-state index contributed by atoms with van der Waals surface area (Å²) < 4.78 is 15.0. The van der Waals surface area contributed by atoms with Crippen LogP contribution in [0.5, 0.6) is 0 Å². The zero-order chi connectivity index (χ0) is 23.2. The molecular formula is C23H26N4O5. The van der Waals surface area contributed by atoms with Crippen LogP contribution in [0.2, 0.25) is 0 Å². The molecule has 32 heavy (non-hydrogen) atoms. The number of aromatic nitrogens is 4. The molecule has 0 bridgehead atoms. The second-order valence-electron chi connectivity index (χ2n) is 8.54. The fourth-order valence-electron chi connectivity index (χ4n) is 4.15. The van der Waals surface area contributed by atoms with Gasteiger partial charge in [-0.15, -0.1) is 0 Å². The molecule has 0 radical (unpaired) electrons. The first-order chi connectivity index (χ1) is 15.1. The van der Waals surface area contributed by atoms with Gasteiger partial charge in [-0.1, -0.05) is 30.3 Å². The van der Waals surface area contributed by atoms with Crippen molar-refractivity contribution in [3.8, 4) is 0 Å². The van der Waals surface area contributed by atoms with Gasteiger partial charge < -0.3 is 14.7 Å². The average molecular weight is 438 g/mol. The lowest BCUT2D eigenvalue weighted by molar-refractivity contribution is -0.621. The number of hydrogen-bond donors (Lipinski definition) is 0. The van der Waals surface area contributed by atoms with Gasteiger partial charge in [-0.05, 0) is 5.56 Å². The van der Waals surface area contributed by atoms with Crippen molar-refractivity contribution in [2.75, 3.05) is 0 Å². The molecule has 0 spiro atoms. The van der Waals surface area contributed by atoms with E-state index in [4.69, 9.17) is 9.47 Å². The Balaban J connectivity index is 1.90.